The number of fused-ring (bicyclic) bond motifs is 1. The highest BCUT2D eigenvalue weighted by Crippen LogP contribution is 2.40. The molecule has 9 nitrogen and oxygen atoms in total. The number of aromatic nitrogens is 4. The van der Waals surface area contributed by atoms with Crippen molar-refractivity contribution in [2.45, 2.75) is 52.0 Å². The number of primary amides is 1. The molecule has 7 rings (SSSR count). The number of amides is 2. The molecule has 1 atom stereocenters. The lowest BCUT2D eigenvalue weighted by Gasteiger charge is -2.35. The van der Waals surface area contributed by atoms with E-state index in [1.165, 1.54) is 22.3 Å². The van der Waals surface area contributed by atoms with Crippen molar-refractivity contribution in [2.24, 2.45) is 5.73 Å². The maximum absolute atomic E-state index is 14.4. The molecule has 12 heteroatoms. The zero-order valence-electron chi connectivity index (χ0n) is 25.7. The Morgan fingerprint density at radius 1 is 1.02 bits per heavy atom. The van der Waals surface area contributed by atoms with E-state index in [-0.39, 0.29) is 30.3 Å². The van der Waals surface area contributed by atoms with Crippen molar-refractivity contribution >= 4 is 39.9 Å². The quantitative estimate of drug-likeness (QED) is 0.183. The number of carbonyl (C=O) groups is 2. The van der Waals surface area contributed by atoms with Gasteiger partial charge in [-0.3, -0.25) is 14.2 Å². The first kappa shape index (κ1) is 30.4. The molecule has 0 radical (unpaired) electrons. The molecule has 3 aromatic heterocycles. The maximum Gasteiger partial charge on any atom is 0.227 e. The third-order valence-electron chi connectivity index (χ3n) is 8.52. The Hall–Kier alpha value is -5.23. The molecular formula is C35H30F2N6O3S. The van der Waals surface area contributed by atoms with Crippen LogP contribution in [-0.2, 0) is 16.0 Å². The summed E-state index contributed by atoms with van der Waals surface area (Å²) in [7, 11) is 0. The van der Waals surface area contributed by atoms with Crippen LogP contribution >= 0.6 is 11.3 Å². The molecule has 238 valence electrons. The fourth-order valence-corrected chi connectivity index (χ4v) is 7.11. The Balaban J connectivity index is 1.36. The van der Waals surface area contributed by atoms with Crippen molar-refractivity contribution < 1.29 is 22.9 Å². The molecule has 1 aliphatic heterocycles. The smallest absolute Gasteiger partial charge is 0.227 e. The molecule has 1 aliphatic rings. The molecule has 0 spiro atoms. The van der Waals surface area contributed by atoms with Crippen LogP contribution in [0, 0.1) is 25.5 Å². The summed E-state index contributed by atoms with van der Waals surface area (Å²) in [6, 6.07) is 16.7. The molecule has 1 saturated heterocycles. The first-order chi connectivity index (χ1) is 22.7. The number of aryl methyl sites for hydroxylation is 3. The van der Waals surface area contributed by atoms with Gasteiger partial charge in [-0.2, -0.15) is 0 Å². The number of carbonyl (C=O) groups excluding carboxylic acids is 2. The number of nitrogens with zero attached hydrogens (tertiary/aromatic N) is 5. The highest BCUT2D eigenvalue weighted by atomic mass is 32.1. The largest absolute Gasteiger partial charge is 0.370 e. The van der Waals surface area contributed by atoms with Gasteiger partial charge in [-0.15, -0.1) is 11.3 Å². The SMILES string of the molecule is Cc1noc(C)c1-c1ccc2c(c1)nc([C@@H]1CCCC(=O)N1c1ccc(F)c(F)c1)n2-c1nc(-c2ccc(CCC(N)=O)cc2)cs1. The number of thiazole rings is 1. The molecular weight excluding hydrogens is 622 g/mol. The third-order valence-corrected chi connectivity index (χ3v) is 9.35. The second-order valence-electron chi connectivity index (χ2n) is 11.7. The van der Waals surface area contributed by atoms with Crippen molar-refractivity contribution in [3.63, 3.8) is 0 Å². The molecule has 1 fully saturated rings. The van der Waals surface area contributed by atoms with Crippen LogP contribution in [0.1, 0.15) is 54.6 Å². The van der Waals surface area contributed by atoms with Crippen LogP contribution in [0.5, 0.6) is 0 Å². The average Bonchev–Trinajstić information content (AvgIpc) is 3.78. The van der Waals surface area contributed by atoms with Crippen molar-refractivity contribution in [2.75, 3.05) is 4.90 Å². The van der Waals surface area contributed by atoms with Crippen LogP contribution in [0.25, 0.3) is 38.5 Å². The standard InChI is InChI=1S/C35H30F2N6O3S/c1-19-33(20(2)46-41-19)23-11-14-29-27(16-23)39-34(30-4-3-5-32(45)42(30)24-12-13-25(36)26(37)17-24)43(29)35-40-28(18-47-35)22-9-6-21(7-10-22)8-15-31(38)44/h6-7,9-14,16-18,30H,3-5,8,15H2,1-2H3,(H2,38,44)/t30-/m0/s1. The van der Waals surface area contributed by atoms with Crippen LogP contribution in [0.4, 0.5) is 14.5 Å². The van der Waals surface area contributed by atoms with E-state index >= 15 is 0 Å². The number of halogens is 2. The lowest BCUT2D eigenvalue weighted by atomic mass is 9.99. The van der Waals surface area contributed by atoms with Gasteiger partial charge in [-0.05, 0) is 68.5 Å². The average molecular weight is 653 g/mol. The lowest BCUT2D eigenvalue weighted by molar-refractivity contribution is -0.120. The minimum atomic E-state index is -1.03. The molecule has 0 unspecified atom stereocenters. The molecule has 6 aromatic rings. The molecule has 2 N–H and O–H groups in total. The van der Waals surface area contributed by atoms with Gasteiger partial charge in [-0.1, -0.05) is 35.5 Å². The molecule has 0 saturated carbocycles. The van der Waals surface area contributed by atoms with E-state index in [0.29, 0.717) is 41.5 Å². The summed E-state index contributed by atoms with van der Waals surface area (Å²) in [6.45, 7) is 3.74. The molecule has 0 bridgehead atoms. The van der Waals surface area contributed by atoms with Crippen LogP contribution in [-0.4, -0.2) is 31.5 Å². The highest BCUT2D eigenvalue weighted by Gasteiger charge is 2.35. The third kappa shape index (κ3) is 5.69. The van der Waals surface area contributed by atoms with Crippen molar-refractivity contribution in [1.29, 1.82) is 0 Å². The first-order valence-electron chi connectivity index (χ1n) is 15.2. The van der Waals surface area contributed by atoms with Crippen molar-refractivity contribution in [1.82, 2.24) is 19.7 Å². The van der Waals surface area contributed by atoms with Gasteiger partial charge in [0.2, 0.25) is 11.8 Å². The minimum absolute atomic E-state index is 0.196. The Kier molecular flexibility index (Phi) is 7.88. The van der Waals surface area contributed by atoms with Gasteiger partial charge in [0.15, 0.2) is 16.8 Å². The minimum Gasteiger partial charge on any atom is -0.370 e. The number of nitrogens with two attached hydrogens (primary N) is 1. The zero-order chi connectivity index (χ0) is 32.8. The van der Waals surface area contributed by atoms with E-state index in [1.54, 1.807) is 0 Å². The van der Waals surface area contributed by atoms with Gasteiger partial charge in [0, 0.05) is 41.1 Å². The van der Waals surface area contributed by atoms with E-state index in [4.69, 9.17) is 20.2 Å². The molecule has 2 amide bonds. The van der Waals surface area contributed by atoms with E-state index in [1.807, 2.05) is 66.3 Å². The summed E-state index contributed by atoms with van der Waals surface area (Å²) < 4.78 is 35.7. The second kappa shape index (κ2) is 12.2. The first-order valence-corrected chi connectivity index (χ1v) is 16.1. The predicted octanol–water partition coefficient (Wildman–Crippen LogP) is 7.38. The van der Waals surface area contributed by atoms with Crippen molar-refractivity contribution in [3.05, 3.63) is 101 Å². The van der Waals surface area contributed by atoms with E-state index in [0.717, 1.165) is 51.3 Å². The number of hydrogen-bond donors (Lipinski definition) is 1. The summed E-state index contributed by atoms with van der Waals surface area (Å²) in [5.41, 5.74) is 12.2. The number of anilines is 1. The topological polar surface area (TPSA) is 120 Å². The fourth-order valence-electron chi connectivity index (χ4n) is 6.26. The Morgan fingerprint density at radius 2 is 1.81 bits per heavy atom. The van der Waals surface area contributed by atoms with Gasteiger partial charge >= 0.3 is 0 Å². The van der Waals surface area contributed by atoms with Crippen LogP contribution < -0.4 is 10.6 Å². The number of rotatable bonds is 8. The molecule has 3 aromatic carbocycles. The van der Waals surface area contributed by atoms with Gasteiger partial charge in [0.05, 0.1) is 28.5 Å². The Bertz CT molecular complexity index is 2130. The van der Waals surface area contributed by atoms with Crippen LogP contribution in [0.2, 0.25) is 0 Å². The van der Waals surface area contributed by atoms with Crippen molar-refractivity contribution in [3.8, 4) is 27.5 Å². The fraction of sp³-hybridized carbons (Fsp3) is 0.229. The van der Waals surface area contributed by atoms with Crippen LogP contribution in [0.15, 0.2) is 70.6 Å². The number of piperidine rings is 1. The highest BCUT2D eigenvalue weighted by molar-refractivity contribution is 7.12. The lowest BCUT2D eigenvalue weighted by Crippen LogP contribution is -2.39. The monoisotopic (exact) mass is 652 g/mol. The second-order valence-corrected chi connectivity index (χ2v) is 12.5. The summed E-state index contributed by atoms with van der Waals surface area (Å²) in [5, 5.41) is 6.71. The van der Waals surface area contributed by atoms with E-state index < -0.39 is 17.7 Å². The van der Waals surface area contributed by atoms with Gasteiger partial charge in [0.1, 0.15) is 11.6 Å². The number of benzene rings is 3. The van der Waals surface area contributed by atoms with Gasteiger partial charge in [-0.25, -0.2) is 18.7 Å². The maximum atomic E-state index is 14.4. The summed E-state index contributed by atoms with van der Waals surface area (Å²) in [5.74, 6) is -1.29. The van der Waals surface area contributed by atoms with Crippen LogP contribution in [0.3, 0.4) is 0 Å². The normalized spacial score (nSPS) is 15.1. The summed E-state index contributed by atoms with van der Waals surface area (Å²) >= 11 is 1.44. The predicted molar refractivity (Wildman–Crippen MR) is 175 cm³/mol. The van der Waals surface area contributed by atoms with E-state index in [2.05, 4.69) is 5.16 Å². The van der Waals surface area contributed by atoms with Gasteiger partial charge in [0.25, 0.3) is 0 Å². The van der Waals surface area contributed by atoms with Gasteiger partial charge < -0.3 is 15.2 Å². The number of imidazole rings is 1. The Morgan fingerprint density at radius 3 is 2.53 bits per heavy atom. The molecule has 0 aliphatic carbocycles. The zero-order valence-corrected chi connectivity index (χ0v) is 26.5. The number of hydrogen-bond acceptors (Lipinski definition) is 7. The Labute approximate surface area is 272 Å². The van der Waals surface area contributed by atoms with E-state index in [9.17, 15) is 18.4 Å². The molecule has 47 heavy (non-hydrogen) atoms. The molecule has 4 heterocycles. The summed E-state index contributed by atoms with van der Waals surface area (Å²) in [4.78, 5) is 36.3. The summed E-state index contributed by atoms with van der Waals surface area (Å²) in [6.07, 6.45) is 2.30.